The van der Waals surface area contributed by atoms with Gasteiger partial charge in [0.25, 0.3) is 0 Å². The number of nitrogens with zero attached hydrogens (tertiary/aromatic N) is 3. The molecule has 0 fully saturated rings. The lowest BCUT2D eigenvalue weighted by molar-refractivity contribution is -0.130. The van der Waals surface area contributed by atoms with Gasteiger partial charge >= 0.3 is 0 Å². The van der Waals surface area contributed by atoms with Gasteiger partial charge in [-0.1, -0.05) is 6.07 Å². The molecule has 6 heteroatoms. The van der Waals surface area contributed by atoms with Gasteiger partial charge in [-0.15, -0.1) is 0 Å². The number of rotatable bonds is 1. The molecule has 1 unspecified atom stereocenters. The Hall–Kier alpha value is -1.82. The second-order valence-electron chi connectivity index (χ2n) is 4.18. The molecule has 92 valence electrons. The zero-order chi connectivity index (χ0) is 12.7. The van der Waals surface area contributed by atoms with Gasteiger partial charge < -0.3 is 0 Å². The van der Waals surface area contributed by atoms with Crippen LogP contribution in [0.5, 0.6) is 0 Å². The van der Waals surface area contributed by atoms with Crippen LogP contribution in [-0.4, -0.2) is 33.4 Å². The van der Waals surface area contributed by atoms with Gasteiger partial charge in [-0.2, -0.15) is 5.10 Å². The number of amides is 1. The second-order valence-corrected chi connectivity index (χ2v) is 5.42. The maximum Gasteiger partial charge on any atom is 0.242 e. The monoisotopic (exact) mass is 261 g/mol. The predicted octanol–water partition coefficient (Wildman–Crippen LogP) is 1.42. The molecular formula is C12H11N3O2S. The molecule has 0 N–H and O–H groups in total. The minimum atomic E-state index is -1.12. The first-order valence-electron chi connectivity index (χ1n) is 5.58. The molecule has 1 aromatic carbocycles. The van der Waals surface area contributed by atoms with Crippen LogP contribution in [0.2, 0.25) is 0 Å². The third-order valence-electron chi connectivity index (χ3n) is 3.00. The molecule has 1 amide bonds. The van der Waals surface area contributed by atoms with E-state index in [2.05, 4.69) is 10.1 Å². The summed E-state index contributed by atoms with van der Waals surface area (Å²) < 4.78 is 11.5. The molecule has 2 heterocycles. The molecule has 0 radical (unpaired) electrons. The topological polar surface area (TPSA) is 62.1 Å². The maximum atomic E-state index is 11.5. The summed E-state index contributed by atoms with van der Waals surface area (Å²) in [6.07, 6.45) is 1.11. The summed E-state index contributed by atoms with van der Waals surface area (Å²) in [5, 5.41) is 5.62. The number of hydrogen-bond acceptors (Lipinski definition) is 4. The van der Waals surface area contributed by atoms with E-state index in [4.69, 9.17) is 0 Å². The van der Waals surface area contributed by atoms with Crippen LogP contribution in [0.3, 0.4) is 0 Å². The number of hydrazone groups is 1. The van der Waals surface area contributed by atoms with E-state index in [1.54, 1.807) is 7.05 Å². The molecule has 2 aliphatic heterocycles. The van der Waals surface area contributed by atoms with Crippen LogP contribution in [0.25, 0.3) is 0 Å². The Morgan fingerprint density at radius 2 is 2.17 bits per heavy atom. The molecule has 0 bridgehead atoms. The van der Waals surface area contributed by atoms with Crippen molar-refractivity contribution < 1.29 is 9.00 Å². The van der Waals surface area contributed by atoms with E-state index in [-0.39, 0.29) is 5.91 Å². The van der Waals surface area contributed by atoms with Gasteiger partial charge in [0, 0.05) is 19.9 Å². The highest BCUT2D eigenvalue weighted by Gasteiger charge is 2.20. The fraction of sp³-hybridized carbons (Fsp3) is 0.250. The molecule has 0 saturated carbocycles. The number of fused-ring (bicyclic) bond motifs is 1. The molecule has 0 spiro atoms. The Kier molecular flexibility index (Phi) is 2.59. The first-order chi connectivity index (χ1) is 8.65. The smallest absolute Gasteiger partial charge is 0.242 e. The lowest BCUT2D eigenvalue weighted by Gasteiger charge is -2.19. The van der Waals surface area contributed by atoms with E-state index in [1.165, 1.54) is 10.6 Å². The summed E-state index contributed by atoms with van der Waals surface area (Å²) in [7, 11) is 0.535. The molecular weight excluding hydrogens is 250 g/mol. The molecule has 0 aromatic heterocycles. The molecule has 18 heavy (non-hydrogen) atoms. The lowest BCUT2D eigenvalue weighted by atomic mass is 10.0. The van der Waals surface area contributed by atoms with Gasteiger partial charge in [-0.3, -0.25) is 4.79 Å². The van der Waals surface area contributed by atoms with Gasteiger partial charge in [-0.05, 0) is 17.7 Å². The fourth-order valence-electron chi connectivity index (χ4n) is 2.01. The molecule has 0 saturated heterocycles. The zero-order valence-corrected chi connectivity index (χ0v) is 10.6. The van der Waals surface area contributed by atoms with Crippen LogP contribution in [0.4, 0.5) is 5.69 Å². The summed E-state index contributed by atoms with van der Waals surface area (Å²) in [5.74, 6) is 0.0269. The third kappa shape index (κ3) is 1.78. The Bertz CT molecular complexity index is 622. The number of carbonyl (C=O) groups excluding carboxylic acids is 1. The summed E-state index contributed by atoms with van der Waals surface area (Å²) >= 11 is 0. The highest BCUT2D eigenvalue weighted by Crippen LogP contribution is 2.29. The van der Waals surface area contributed by atoms with Crippen molar-refractivity contribution in [2.45, 2.75) is 17.7 Å². The summed E-state index contributed by atoms with van der Waals surface area (Å²) in [6.45, 7) is 0. The molecule has 1 atom stereocenters. The normalized spacial score (nSPS) is 22.1. The standard InChI is InChI=1S/C12H11N3O2S/c1-15-12(16)5-3-9(14-15)8-2-4-11-10(6-8)13-7-18(11)17/h2,4,6-7H,3,5H2,1H3. The Morgan fingerprint density at radius 1 is 1.33 bits per heavy atom. The van der Waals surface area contributed by atoms with E-state index in [0.29, 0.717) is 12.8 Å². The minimum Gasteiger partial charge on any atom is -0.273 e. The van der Waals surface area contributed by atoms with Crippen molar-refractivity contribution in [3.63, 3.8) is 0 Å². The van der Waals surface area contributed by atoms with Crippen LogP contribution < -0.4 is 0 Å². The van der Waals surface area contributed by atoms with E-state index in [1.807, 2.05) is 18.2 Å². The van der Waals surface area contributed by atoms with Crippen molar-refractivity contribution >= 4 is 33.7 Å². The first-order valence-corrected chi connectivity index (χ1v) is 6.79. The Labute approximate surface area is 107 Å². The van der Waals surface area contributed by atoms with Crippen LogP contribution in [0.1, 0.15) is 18.4 Å². The SMILES string of the molecule is CN1N=C(c2ccc3c(c2)N=CS3=O)CCC1=O. The van der Waals surface area contributed by atoms with Crippen molar-refractivity contribution in [1.29, 1.82) is 0 Å². The van der Waals surface area contributed by atoms with E-state index < -0.39 is 10.8 Å². The van der Waals surface area contributed by atoms with E-state index in [0.717, 1.165) is 21.9 Å². The van der Waals surface area contributed by atoms with Gasteiger partial charge in [0.2, 0.25) is 5.91 Å². The highest BCUT2D eigenvalue weighted by molar-refractivity contribution is 7.99. The molecule has 3 rings (SSSR count). The zero-order valence-electron chi connectivity index (χ0n) is 9.79. The van der Waals surface area contributed by atoms with E-state index >= 15 is 0 Å². The Balaban J connectivity index is 1.99. The van der Waals surface area contributed by atoms with E-state index in [9.17, 15) is 9.00 Å². The maximum absolute atomic E-state index is 11.5. The fourth-order valence-corrected chi connectivity index (χ4v) is 2.85. The highest BCUT2D eigenvalue weighted by atomic mass is 32.2. The number of aliphatic imine (C=N–C) groups is 1. The van der Waals surface area contributed by atoms with Gasteiger partial charge in [-0.25, -0.2) is 14.2 Å². The second kappa shape index (κ2) is 4.13. The van der Waals surface area contributed by atoms with Crippen molar-refractivity contribution in [3.05, 3.63) is 23.8 Å². The van der Waals surface area contributed by atoms with Crippen molar-refractivity contribution in [2.75, 3.05) is 7.05 Å². The average molecular weight is 261 g/mol. The van der Waals surface area contributed by atoms with Crippen LogP contribution in [0, 0.1) is 0 Å². The van der Waals surface area contributed by atoms with Gasteiger partial charge in [0.1, 0.15) is 0 Å². The molecule has 5 nitrogen and oxygen atoms in total. The summed E-state index contributed by atoms with van der Waals surface area (Å²) in [4.78, 5) is 16.2. The quantitative estimate of drug-likeness (QED) is 0.767. The van der Waals surface area contributed by atoms with Gasteiger partial charge in [0.05, 0.1) is 32.6 Å². The minimum absolute atomic E-state index is 0.0269. The number of hydrogen-bond donors (Lipinski definition) is 0. The number of carbonyl (C=O) groups is 1. The lowest BCUT2D eigenvalue weighted by Crippen LogP contribution is -2.28. The number of benzene rings is 1. The summed E-state index contributed by atoms with van der Waals surface area (Å²) in [5.41, 5.74) is 3.97. The predicted molar refractivity (Wildman–Crippen MR) is 69.5 cm³/mol. The largest absolute Gasteiger partial charge is 0.273 e. The van der Waals surface area contributed by atoms with Crippen LogP contribution in [-0.2, 0) is 15.6 Å². The average Bonchev–Trinajstić information content (AvgIpc) is 2.74. The van der Waals surface area contributed by atoms with Crippen molar-refractivity contribution in [1.82, 2.24) is 5.01 Å². The van der Waals surface area contributed by atoms with Crippen LogP contribution >= 0.6 is 0 Å². The van der Waals surface area contributed by atoms with Crippen molar-refractivity contribution in [2.24, 2.45) is 10.1 Å². The molecule has 1 aromatic rings. The molecule has 2 aliphatic rings. The van der Waals surface area contributed by atoms with Crippen LogP contribution in [0.15, 0.2) is 33.2 Å². The summed E-state index contributed by atoms with van der Waals surface area (Å²) in [6, 6.07) is 5.57. The van der Waals surface area contributed by atoms with Gasteiger partial charge in [0.15, 0.2) is 0 Å². The third-order valence-corrected chi connectivity index (χ3v) is 4.08. The van der Waals surface area contributed by atoms with Crippen molar-refractivity contribution in [3.8, 4) is 0 Å². The Morgan fingerprint density at radius 3 is 2.94 bits per heavy atom. The first kappa shape index (κ1) is 11.3. The molecule has 0 aliphatic carbocycles.